The van der Waals surface area contributed by atoms with E-state index in [-0.39, 0.29) is 11.9 Å². The Morgan fingerprint density at radius 3 is 2.48 bits per heavy atom. The van der Waals surface area contributed by atoms with Crippen LogP contribution in [0.5, 0.6) is 5.75 Å². The summed E-state index contributed by atoms with van der Waals surface area (Å²) >= 11 is 10.1. The Balaban J connectivity index is 1.89. The minimum Gasteiger partial charge on any atom is -0.487 e. The van der Waals surface area contributed by atoms with Crippen molar-refractivity contribution in [2.24, 2.45) is 0 Å². The lowest BCUT2D eigenvalue weighted by Gasteiger charge is -2.30. The molecule has 0 N–H and O–H groups in total. The molecule has 1 saturated carbocycles. The van der Waals surface area contributed by atoms with Crippen molar-refractivity contribution in [2.75, 3.05) is 13.7 Å². The molecule has 1 aromatic rings. The van der Waals surface area contributed by atoms with Crippen LogP contribution in [0.1, 0.15) is 37.7 Å². The van der Waals surface area contributed by atoms with Gasteiger partial charge in [0.15, 0.2) is 5.11 Å². The molecule has 0 bridgehead atoms. The molecule has 3 rings (SSSR count). The smallest absolute Gasteiger partial charge is 0.277 e. The van der Waals surface area contributed by atoms with Gasteiger partial charge in [0.1, 0.15) is 18.1 Å². The number of likely N-dealkylation sites (N-methyl/N-ethyl adjacent to an activating group) is 1. The Morgan fingerprint density at radius 1 is 1.26 bits per heavy atom. The number of amides is 1. The highest BCUT2D eigenvalue weighted by Gasteiger charge is 2.40. The number of benzene rings is 1. The first-order valence-corrected chi connectivity index (χ1v) is 11.6. The molecule has 0 aromatic heterocycles. The molecule has 1 aliphatic heterocycles. The van der Waals surface area contributed by atoms with Gasteiger partial charge in [0.05, 0.1) is 7.14 Å². The van der Waals surface area contributed by atoms with E-state index >= 15 is 0 Å². The molecule has 1 heterocycles. The van der Waals surface area contributed by atoms with Crippen LogP contribution in [0.2, 0.25) is 0 Å². The topological polar surface area (TPSA) is 32.8 Å². The molecule has 144 valence electrons. The van der Waals surface area contributed by atoms with Crippen molar-refractivity contribution in [1.82, 2.24) is 9.80 Å². The molecule has 7 heteroatoms. The van der Waals surface area contributed by atoms with Crippen molar-refractivity contribution >= 4 is 74.5 Å². The standard InChI is InChI=1S/C20H22I2N2O2S/c1-3-9-26-18-15(21)10-13(11-16(18)22)12-17-19(25)24(20(27)23(17)2)14-7-5-4-6-8-14/h3,10-12,14H,1,4-9H2,2H3/b17-12-. The number of rotatable bonds is 5. The van der Waals surface area contributed by atoms with Crippen LogP contribution in [0, 0.1) is 7.14 Å². The fraction of sp³-hybridized carbons (Fsp3) is 0.400. The summed E-state index contributed by atoms with van der Waals surface area (Å²) in [6, 6.07) is 4.30. The van der Waals surface area contributed by atoms with Crippen LogP contribution < -0.4 is 4.74 Å². The number of nitrogens with zero attached hydrogens (tertiary/aromatic N) is 2. The molecule has 2 aliphatic rings. The van der Waals surface area contributed by atoms with E-state index in [1.54, 1.807) is 6.08 Å². The molecular weight excluding hydrogens is 586 g/mol. The summed E-state index contributed by atoms with van der Waals surface area (Å²) < 4.78 is 7.75. The highest BCUT2D eigenvalue weighted by molar-refractivity contribution is 14.1. The van der Waals surface area contributed by atoms with E-state index in [0.717, 1.165) is 31.3 Å². The van der Waals surface area contributed by atoms with Crippen molar-refractivity contribution in [1.29, 1.82) is 0 Å². The lowest BCUT2D eigenvalue weighted by atomic mass is 9.94. The third-order valence-electron chi connectivity index (χ3n) is 4.90. The number of halogens is 2. The molecule has 4 nitrogen and oxygen atoms in total. The number of carbonyl (C=O) groups excluding carboxylic acids is 1. The third-order valence-corrected chi connectivity index (χ3v) is 6.97. The molecule has 1 aliphatic carbocycles. The Bertz CT molecular complexity index is 780. The normalized spacial score (nSPS) is 19.9. The van der Waals surface area contributed by atoms with Gasteiger partial charge in [0.25, 0.3) is 5.91 Å². The van der Waals surface area contributed by atoms with Crippen molar-refractivity contribution in [3.05, 3.63) is 43.2 Å². The van der Waals surface area contributed by atoms with Crippen molar-refractivity contribution in [2.45, 2.75) is 38.1 Å². The van der Waals surface area contributed by atoms with Crippen LogP contribution >= 0.6 is 57.4 Å². The van der Waals surface area contributed by atoms with Crippen LogP contribution in [0.15, 0.2) is 30.5 Å². The molecule has 0 radical (unpaired) electrons. The van der Waals surface area contributed by atoms with Crippen LogP contribution in [0.3, 0.4) is 0 Å². The average Bonchev–Trinajstić information content (AvgIpc) is 2.85. The molecular formula is C20H22I2N2O2S. The van der Waals surface area contributed by atoms with E-state index in [2.05, 4.69) is 51.8 Å². The summed E-state index contributed by atoms with van der Waals surface area (Å²) in [6.07, 6.45) is 9.33. The third kappa shape index (κ3) is 4.50. The minimum absolute atomic E-state index is 0.0198. The zero-order valence-corrected chi connectivity index (χ0v) is 20.3. The van der Waals surface area contributed by atoms with Crippen molar-refractivity contribution in [3.63, 3.8) is 0 Å². The predicted octanol–water partition coefficient (Wildman–Crippen LogP) is 5.19. The molecule has 0 unspecified atom stereocenters. The fourth-order valence-electron chi connectivity index (χ4n) is 3.54. The molecule has 1 aromatic carbocycles. The second kappa shape index (κ2) is 9.21. The van der Waals surface area contributed by atoms with Gasteiger partial charge in [-0.1, -0.05) is 31.9 Å². The van der Waals surface area contributed by atoms with Gasteiger partial charge in [-0.15, -0.1) is 0 Å². The maximum Gasteiger partial charge on any atom is 0.277 e. The van der Waals surface area contributed by atoms with E-state index in [1.165, 1.54) is 19.3 Å². The van der Waals surface area contributed by atoms with Crippen LogP contribution in [0.25, 0.3) is 6.08 Å². The molecule has 2 fully saturated rings. The predicted molar refractivity (Wildman–Crippen MR) is 130 cm³/mol. The summed E-state index contributed by atoms with van der Waals surface area (Å²) in [6.45, 7) is 4.16. The van der Waals surface area contributed by atoms with E-state index < -0.39 is 0 Å². The first-order chi connectivity index (χ1) is 12.9. The highest BCUT2D eigenvalue weighted by Crippen LogP contribution is 2.33. The molecule has 1 amide bonds. The van der Waals surface area contributed by atoms with Crippen molar-refractivity contribution in [3.8, 4) is 5.75 Å². The van der Waals surface area contributed by atoms with E-state index in [1.807, 2.05) is 35.1 Å². The molecule has 0 atom stereocenters. The largest absolute Gasteiger partial charge is 0.487 e. The zero-order valence-electron chi connectivity index (χ0n) is 15.2. The highest BCUT2D eigenvalue weighted by atomic mass is 127. The van der Waals surface area contributed by atoms with E-state index in [0.29, 0.717) is 17.4 Å². The second-order valence-electron chi connectivity index (χ2n) is 6.75. The quantitative estimate of drug-likeness (QED) is 0.200. The molecule has 27 heavy (non-hydrogen) atoms. The van der Waals surface area contributed by atoms with Gasteiger partial charge in [0.2, 0.25) is 0 Å². The van der Waals surface area contributed by atoms with Crippen LogP contribution in [0.4, 0.5) is 0 Å². The Morgan fingerprint density at radius 2 is 1.89 bits per heavy atom. The van der Waals surface area contributed by atoms with Crippen molar-refractivity contribution < 1.29 is 9.53 Å². The summed E-state index contributed by atoms with van der Waals surface area (Å²) in [5.74, 6) is 0.870. The van der Waals surface area contributed by atoms with Gasteiger partial charge >= 0.3 is 0 Å². The number of hydrogen-bond acceptors (Lipinski definition) is 3. The average molecular weight is 608 g/mol. The van der Waals surface area contributed by atoms with Crippen LogP contribution in [-0.4, -0.2) is 40.5 Å². The minimum atomic E-state index is 0.0198. The van der Waals surface area contributed by atoms with Gasteiger partial charge in [-0.3, -0.25) is 9.69 Å². The van der Waals surface area contributed by atoms with Crippen LogP contribution in [-0.2, 0) is 4.79 Å². The maximum atomic E-state index is 13.1. The number of carbonyl (C=O) groups is 1. The monoisotopic (exact) mass is 608 g/mol. The van der Waals surface area contributed by atoms with Gasteiger partial charge in [-0.2, -0.15) is 0 Å². The maximum absolute atomic E-state index is 13.1. The SMILES string of the molecule is C=CCOc1c(I)cc(/C=C2/C(=O)N(C3CCCCC3)C(=S)N2C)cc1I. The zero-order chi connectivity index (χ0) is 19.6. The van der Waals surface area contributed by atoms with Gasteiger partial charge in [0, 0.05) is 13.1 Å². The Kier molecular flexibility index (Phi) is 7.18. The van der Waals surface area contributed by atoms with Gasteiger partial charge in [-0.25, -0.2) is 0 Å². The number of hydrogen-bond donors (Lipinski definition) is 0. The molecule has 0 spiro atoms. The number of thiocarbonyl (C=S) groups is 1. The Hall–Kier alpha value is -0.680. The first kappa shape index (κ1) is 21.0. The summed E-state index contributed by atoms with van der Waals surface area (Å²) in [5.41, 5.74) is 1.61. The first-order valence-electron chi connectivity index (χ1n) is 8.99. The lowest BCUT2D eigenvalue weighted by Crippen LogP contribution is -2.41. The second-order valence-corrected chi connectivity index (χ2v) is 9.44. The van der Waals surface area contributed by atoms with Gasteiger partial charge in [-0.05, 0) is 94.0 Å². The number of ether oxygens (including phenoxy) is 1. The fourth-order valence-corrected chi connectivity index (χ4v) is 6.00. The van der Waals surface area contributed by atoms with Gasteiger partial charge < -0.3 is 9.64 Å². The van der Waals surface area contributed by atoms with E-state index in [4.69, 9.17) is 17.0 Å². The Labute approximate surface area is 193 Å². The van der Waals surface area contributed by atoms with E-state index in [9.17, 15) is 4.79 Å². The lowest BCUT2D eigenvalue weighted by molar-refractivity contribution is -0.124. The molecule has 1 saturated heterocycles. The summed E-state index contributed by atoms with van der Waals surface area (Å²) in [4.78, 5) is 16.8. The summed E-state index contributed by atoms with van der Waals surface area (Å²) in [5, 5.41) is 0.619. The summed E-state index contributed by atoms with van der Waals surface area (Å²) in [7, 11) is 1.88.